The Hall–Kier alpha value is -2.17. The van der Waals surface area contributed by atoms with Crippen LogP contribution in [-0.4, -0.2) is 64.6 Å². The van der Waals surface area contributed by atoms with Crippen LogP contribution in [0.4, 0.5) is 0 Å². The number of hydrogen-bond acceptors (Lipinski definition) is 6. The predicted molar refractivity (Wildman–Crippen MR) is 152 cm³/mol. The zero-order valence-corrected chi connectivity index (χ0v) is 23.5. The van der Waals surface area contributed by atoms with E-state index in [1.54, 1.807) is 6.07 Å². The third kappa shape index (κ3) is 5.87. The number of ether oxygens (including phenoxy) is 1. The molecule has 0 bridgehead atoms. The van der Waals surface area contributed by atoms with Gasteiger partial charge in [0.05, 0.1) is 5.69 Å². The average Bonchev–Trinajstić information content (AvgIpc) is 3.54. The van der Waals surface area contributed by atoms with Crippen LogP contribution in [0.3, 0.4) is 0 Å². The first-order valence-electron chi connectivity index (χ1n) is 13.2. The van der Waals surface area contributed by atoms with Crippen LogP contribution in [-0.2, 0) is 17.7 Å². The first-order valence-corrected chi connectivity index (χ1v) is 14.4. The molecule has 1 aliphatic carbocycles. The number of fused-ring (bicyclic) bond motifs is 2. The van der Waals surface area contributed by atoms with Crippen LogP contribution in [0.25, 0.3) is 10.9 Å². The summed E-state index contributed by atoms with van der Waals surface area (Å²) >= 11 is 7.61. The number of carbonyl (C=O) groups excluding carboxylic acids is 2. The number of aromatic amines is 1. The lowest BCUT2D eigenvalue weighted by molar-refractivity contribution is 0.0293. The molecule has 2 amide bonds. The van der Waals surface area contributed by atoms with E-state index in [2.05, 4.69) is 20.5 Å². The Kier molecular flexibility index (Phi) is 8.59. The van der Waals surface area contributed by atoms with Crippen molar-refractivity contribution in [3.8, 4) is 0 Å². The van der Waals surface area contributed by atoms with Gasteiger partial charge in [0.1, 0.15) is 5.69 Å². The van der Waals surface area contributed by atoms with Crippen molar-refractivity contribution in [3.05, 3.63) is 50.6 Å². The van der Waals surface area contributed by atoms with E-state index in [-0.39, 0.29) is 36.3 Å². The van der Waals surface area contributed by atoms with Gasteiger partial charge in [-0.2, -0.15) is 0 Å². The highest BCUT2D eigenvalue weighted by Gasteiger charge is 2.32. The fraction of sp³-hybridized carbons (Fsp3) is 0.519. The van der Waals surface area contributed by atoms with Crippen molar-refractivity contribution < 1.29 is 14.3 Å². The van der Waals surface area contributed by atoms with Crippen molar-refractivity contribution in [2.24, 2.45) is 0 Å². The molecule has 11 heteroatoms. The highest BCUT2D eigenvalue weighted by molar-refractivity contribution is 7.13. The van der Waals surface area contributed by atoms with Crippen LogP contribution in [0.2, 0.25) is 5.02 Å². The number of aromatic nitrogens is 2. The number of rotatable bonds is 5. The van der Waals surface area contributed by atoms with Crippen LogP contribution in [0.15, 0.2) is 24.3 Å². The second kappa shape index (κ2) is 11.9. The van der Waals surface area contributed by atoms with Crippen LogP contribution in [0, 0.1) is 0 Å². The van der Waals surface area contributed by atoms with Crippen LogP contribution in [0.5, 0.6) is 0 Å². The molecule has 3 N–H and O–H groups in total. The first kappa shape index (κ1) is 27.4. The van der Waals surface area contributed by atoms with Gasteiger partial charge in [-0.05, 0) is 49.9 Å². The van der Waals surface area contributed by atoms with E-state index in [0.29, 0.717) is 21.8 Å². The molecule has 2 fully saturated rings. The molecule has 204 valence electrons. The van der Waals surface area contributed by atoms with Crippen LogP contribution >= 0.6 is 35.3 Å². The van der Waals surface area contributed by atoms with E-state index in [4.69, 9.17) is 21.3 Å². The Morgan fingerprint density at radius 3 is 2.55 bits per heavy atom. The molecule has 2 aromatic heterocycles. The Balaban J connectivity index is 0.00000294. The molecule has 0 spiro atoms. The number of H-pyrrole nitrogens is 1. The highest BCUT2D eigenvalue weighted by atomic mass is 35.5. The summed E-state index contributed by atoms with van der Waals surface area (Å²) in [5, 5.41) is 8.41. The van der Waals surface area contributed by atoms with Crippen LogP contribution in [0.1, 0.15) is 69.4 Å². The maximum atomic E-state index is 13.2. The summed E-state index contributed by atoms with van der Waals surface area (Å²) in [4.78, 5) is 37.9. The summed E-state index contributed by atoms with van der Waals surface area (Å²) in [6.07, 6.45) is 6.74. The number of halogens is 2. The number of nitrogens with zero attached hydrogens (tertiary/aromatic N) is 2. The van der Waals surface area contributed by atoms with Crippen molar-refractivity contribution in [1.29, 1.82) is 0 Å². The lowest BCUT2D eigenvalue weighted by atomic mass is 9.90. The van der Waals surface area contributed by atoms with Gasteiger partial charge in [-0.1, -0.05) is 24.4 Å². The fourth-order valence-electron chi connectivity index (χ4n) is 5.85. The molecule has 6 rings (SSSR count). The molecule has 4 heterocycles. The molecular weight excluding hydrogens is 545 g/mol. The molecule has 1 saturated carbocycles. The monoisotopic (exact) mass is 577 g/mol. The highest BCUT2D eigenvalue weighted by Crippen LogP contribution is 2.29. The van der Waals surface area contributed by atoms with Gasteiger partial charge < -0.3 is 20.4 Å². The van der Waals surface area contributed by atoms with Gasteiger partial charge in [0.15, 0.2) is 5.01 Å². The number of thiazole rings is 1. The van der Waals surface area contributed by atoms with E-state index < -0.39 is 0 Å². The molecule has 0 unspecified atom stereocenters. The second-order valence-electron chi connectivity index (χ2n) is 10.3. The molecular formula is C27H33Cl2N5O3S. The quantitative estimate of drug-likeness (QED) is 0.408. The second-order valence-corrected chi connectivity index (χ2v) is 11.8. The third-order valence-corrected chi connectivity index (χ3v) is 9.20. The normalized spacial score (nSPS) is 22.4. The van der Waals surface area contributed by atoms with Gasteiger partial charge in [-0.15, -0.1) is 23.7 Å². The molecule has 3 aromatic rings. The molecule has 2 atom stereocenters. The van der Waals surface area contributed by atoms with E-state index in [9.17, 15) is 9.59 Å². The number of benzene rings is 1. The van der Waals surface area contributed by atoms with E-state index in [1.165, 1.54) is 16.2 Å². The maximum absolute atomic E-state index is 13.2. The van der Waals surface area contributed by atoms with Gasteiger partial charge in [0.2, 0.25) is 0 Å². The Morgan fingerprint density at radius 1 is 1.05 bits per heavy atom. The number of carbonyl (C=O) groups is 2. The van der Waals surface area contributed by atoms with Gasteiger partial charge in [-0.3, -0.25) is 14.5 Å². The summed E-state index contributed by atoms with van der Waals surface area (Å²) in [5.41, 5.74) is 2.42. The van der Waals surface area contributed by atoms with Crippen molar-refractivity contribution in [2.75, 3.05) is 19.8 Å². The summed E-state index contributed by atoms with van der Waals surface area (Å²) < 4.78 is 5.52. The summed E-state index contributed by atoms with van der Waals surface area (Å²) in [5.74, 6) is -0.306. The molecule has 1 saturated heterocycles. The predicted octanol–water partition coefficient (Wildman–Crippen LogP) is 4.71. The lowest BCUT2D eigenvalue weighted by Crippen LogP contribution is -2.53. The summed E-state index contributed by atoms with van der Waals surface area (Å²) in [7, 11) is 0. The van der Waals surface area contributed by atoms with Gasteiger partial charge in [0, 0.05) is 71.7 Å². The number of amides is 2. The summed E-state index contributed by atoms with van der Waals surface area (Å²) in [6, 6.07) is 7.63. The Bertz CT molecular complexity index is 1310. The maximum Gasteiger partial charge on any atom is 0.280 e. The zero-order valence-electron chi connectivity index (χ0n) is 21.1. The van der Waals surface area contributed by atoms with Crippen LogP contribution < -0.4 is 10.6 Å². The van der Waals surface area contributed by atoms with Crippen molar-refractivity contribution in [3.63, 3.8) is 0 Å². The average molecular weight is 579 g/mol. The molecule has 3 aliphatic rings. The van der Waals surface area contributed by atoms with E-state index >= 15 is 0 Å². The van der Waals surface area contributed by atoms with Gasteiger partial charge in [0.25, 0.3) is 11.8 Å². The molecule has 2 aliphatic heterocycles. The standard InChI is InChI=1S/C27H32ClN5O3S.ClH/c28-17-5-6-19-16(13-17)14-23(29-19)25(34)30-20-3-1-2-4-21(20)31-26(35)27-32-22-7-10-33(15-24(22)37-27)18-8-11-36-12-9-18;/h5-6,13-14,18,20-21,29H,1-4,7-12,15H2,(H,30,34)(H,31,35);1H/t20-,21+;/m0./s1. The SMILES string of the molecule is Cl.O=C(N[C@H]1CCCC[C@H]1NC(=O)c1nc2c(s1)CN(C1CCOCC1)CC2)c1cc2cc(Cl)ccc2[nH]1. The van der Waals surface area contributed by atoms with Gasteiger partial charge >= 0.3 is 0 Å². The first-order chi connectivity index (χ1) is 18.0. The minimum atomic E-state index is -0.170. The minimum Gasteiger partial charge on any atom is -0.381 e. The number of nitrogens with one attached hydrogen (secondary N) is 3. The smallest absolute Gasteiger partial charge is 0.280 e. The molecule has 1 aromatic carbocycles. The largest absolute Gasteiger partial charge is 0.381 e. The Labute approximate surface area is 237 Å². The number of hydrogen-bond donors (Lipinski definition) is 3. The Morgan fingerprint density at radius 2 is 1.79 bits per heavy atom. The van der Waals surface area contributed by atoms with Crippen molar-refractivity contribution in [2.45, 2.75) is 69.6 Å². The zero-order chi connectivity index (χ0) is 25.4. The molecule has 0 radical (unpaired) electrons. The molecule has 38 heavy (non-hydrogen) atoms. The third-order valence-electron chi connectivity index (χ3n) is 7.89. The summed E-state index contributed by atoms with van der Waals surface area (Å²) in [6.45, 7) is 3.51. The van der Waals surface area contributed by atoms with E-state index in [1.807, 2.05) is 18.2 Å². The van der Waals surface area contributed by atoms with Gasteiger partial charge in [-0.25, -0.2) is 4.98 Å². The lowest BCUT2D eigenvalue weighted by Gasteiger charge is -2.36. The molecule has 8 nitrogen and oxygen atoms in total. The van der Waals surface area contributed by atoms with E-state index in [0.717, 1.165) is 87.8 Å². The van der Waals surface area contributed by atoms with Crippen molar-refractivity contribution in [1.82, 2.24) is 25.5 Å². The minimum absolute atomic E-state index is 0. The fourth-order valence-corrected chi connectivity index (χ4v) is 7.07. The van der Waals surface area contributed by atoms with Crippen molar-refractivity contribution >= 4 is 58.1 Å². The topological polar surface area (TPSA) is 99.3 Å².